The summed E-state index contributed by atoms with van der Waals surface area (Å²) in [4.78, 5) is 0. The van der Waals surface area contributed by atoms with Gasteiger partial charge in [0.2, 0.25) is 5.90 Å². The number of nitrogens with zero attached hydrogens (tertiary/aromatic N) is 1. The summed E-state index contributed by atoms with van der Waals surface area (Å²) in [6.45, 7) is 0. The molecule has 1 aliphatic heterocycles. The molecule has 1 unspecified atom stereocenters. The second-order valence-electron chi connectivity index (χ2n) is 2.44. The van der Waals surface area contributed by atoms with Crippen LogP contribution in [0.4, 0.5) is 8.78 Å². The van der Waals surface area contributed by atoms with Gasteiger partial charge in [0, 0.05) is 5.57 Å². The topological polar surface area (TPSA) is 33.6 Å². The lowest BCUT2D eigenvalue weighted by molar-refractivity contribution is 0.116. The van der Waals surface area contributed by atoms with E-state index >= 15 is 0 Å². The highest BCUT2D eigenvalue weighted by Crippen LogP contribution is 2.13. The predicted octanol–water partition coefficient (Wildman–Crippen LogP) is 1.35. The first kappa shape index (κ1) is 10.2. The molecule has 0 saturated carbocycles. The summed E-state index contributed by atoms with van der Waals surface area (Å²) in [7, 11) is 1.41. The Morgan fingerprint density at radius 2 is 2.46 bits per heavy atom. The molecule has 0 radical (unpaired) electrons. The standard InChI is InChI=1S/C7H9ClF2N2O/c1-13-7-4(3-8)2-5(6(9)10)11-12-7/h2,5-6,11H,3H2,1H3. The highest BCUT2D eigenvalue weighted by molar-refractivity contribution is 6.22. The van der Waals surface area contributed by atoms with E-state index in [2.05, 4.69) is 10.5 Å². The Bertz CT molecular complexity index is 243. The summed E-state index contributed by atoms with van der Waals surface area (Å²) in [6.07, 6.45) is -1.18. The van der Waals surface area contributed by atoms with Crippen LogP contribution in [0, 0.1) is 0 Å². The third-order valence-electron chi connectivity index (χ3n) is 1.58. The normalized spacial score (nSPS) is 22.1. The lowest BCUT2D eigenvalue weighted by Crippen LogP contribution is -2.35. The van der Waals surface area contributed by atoms with Crippen molar-refractivity contribution in [3.63, 3.8) is 0 Å². The number of methoxy groups -OCH3 is 1. The summed E-state index contributed by atoms with van der Waals surface area (Å²) in [5.74, 6) is 0.365. The minimum atomic E-state index is -2.50. The second kappa shape index (κ2) is 4.41. The lowest BCUT2D eigenvalue weighted by atomic mass is 10.2. The molecule has 0 bridgehead atoms. The predicted molar refractivity (Wildman–Crippen MR) is 46.2 cm³/mol. The van der Waals surface area contributed by atoms with Crippen molar-refractivity contribution in [3.05, 3.63) is 11.6 Å². The van der Waals surface area contributed by atoms with Crippen LogP contribution in [0.15, 0.2) is 16.8 Å². The highest BCUT2D eigenvalue weighted by Gasteiger charge is 2.23. The van der Waals surface area contributed by atoms with Crippen molar-refractivity contribution in [2.45, 2.75) is 12.5 Å². The van der Waals surface area contributed by atoms with Crippen molar-refractivity contribution in [1.82, 2.24) is 5.43 Å². The molecule has 3 nitrogen and oxygen atoms in total. The van der Waals surface area contributed by atoms with E-state index in [1.54, 1.807) is 0 Å². The van der Waals surface area contributed by atoms with Gasteiger partial charge in [0.25, 0.3) is 6.43 Å². The van der Waals surface area contributed by atoms with Crippen LogP contribution in [-0.4, -0.2) is 31.4 Å². The molecule has 1 atom stereocenters. The molecule has 0 aliphatic carbocycles. The molecule has 1 heterocycles. The van der Waals surface area contributed by atoms with Crippen molar-refractivity contribution in [1.29, 1.82) is 0 Å². The molecule has 0 fully saturated rings. The van der Waals surface area contributed by atoms with Gasteiger partial charge in [0.15, 0.2) is 0 Å². The summed E-state index contributed by atoms with van der Waals surface area (Å²) < 4.78 is 29.2. The van der Waals surface area contributed by atoms with Crippen LogP contribution in [0.1, 0.15) is 0 Å². The summed E-state index contributed by atoms with van der Waals surface area (Å²) in [5.41, 5.74) is 2.74. The summed E-state index contributed by atoms with van der Waals surface area (Å²) in [5, 5.41) is 3.61. The van der Waals surface area contributed by atoms with Crippen LogP contribution in [0.2, 0.25) is 0 Å². The molecule has 0 aromatic heterocycles. The molecule has 0 aromatic rings. The first-order valence-corrected chi connectivity index (χ1v) is 4.15. The molecule has 74 valence electrons. The zero-order valence-corrected chi connectivity index (χ0v) is 7.68. The minimum Gasteiger partial charge on any atom is -0.480 e. The van der Waals surface area contributed by atoms with Crippen LogP contribution >= 0.6 is 11.6 Å². The van der Waals surface area contributed by atoms with Crippen LogP contribution in [-0.2, 0) is 4.74 Å². The molecular formula is C7H9ClF2N2O. The molecule has 0 aromatic carbocycles. The van der Waals surface area contributed by atoms with E-state index in [1.807, 2.05) is 0 Å². The van der Waals surface area contributed by atoms with Gasteiger partial charge < -0.3 is 4.74 Å². The van der Waals surface area contributed by atoms with Gasteiger partial charge in [-0.25, -0.2) is 8.78 Å². The summed E-state index contributed by atoms with van der Waals surface area (Å²) in [6, 6.07) is -1.08. The number of rotatable bonds is 2. The third-order valence-corrected chi connectivity index (χ3v) is 1.87. The van der Waals surface area contributed by atoms with E-state index < -0.39 is 12.5 Å². The van der Waals surface area contributed by atoms with Gasteiger partial charge in [-0.05, 0) is 6.08 Å². The number of nitrogens with one attached hydrogen (secondary N) is 1. The Kier molecular flexibility index (Phi) is 3.48. The van der Waals surface area contributed by atoms with E-state index in [1.165, 1.54) is 13.2 Å². The molecule has 13 heavy (non-hydrogen) atoms. The Hall–Kier alpha value is -0.840. The van der Waals surface area contributed by atoms with Crippen molar-refractivity contribution >= 4 is 17.5 Å². The largest absolute Gasteiger partial charge is 0.480 e. The fourth-order valence-electron chi connectivity index (χ4n) is 0.938. The van der Waals surface area contributed by atoms with Crippen molar-refractivity contribution < 1.29 is 13.5 Å². The molecule has 0 saturated heterocycles. The Labute approximate surface area is 79.4 Å². The average molecular weight is 211 g/mol. The zero-order chi connectivity index (χ0) is 9.84. The van der Waals surface area contributed by atoms with Gasteiger partial charge in [-0.2, -0.15) is 0 Å². The maximum Gasteiger partial charge on any atom is 0.263 e. The van der Waals surface area contributed by atoms with E-state index in [4.69, 9.17) is 16.3 Å². The maximum absolute atomic E-state index is 12.2. The van der Waals surface area contributed by atoms with Gasteiger partial charge in [-0.15, -0.1) is 16.7 Å². The summed E-state index contributed by atoms with van der Waals surface area (Å²) >= 11 is 5.52. The maximum atomic E-state index is 12.2. The van der Waals surface area contributed by atoms with E-state index in [0.717, 1.165) is 0 Å². The Balaban J connectivity index is 2.75. The fourth-order valence-corrected chi connectivity index (χ4v) is 1.14. The van der Waals surface area contributed by atoms with Gasteiger partial charge in [0.1, 0.15) is 6.04 Å². The van der Waals surface area contributed by atoms with Crippen LogP contribution in [0.25, 0.3) is 0 Å². The molecule has 6 heteroatoms. The number of hydrogen-bond acceptors (Lipinski definition) is 3. The smallest absolute Gasteiger partial charge is 0.263 e. The Morgan fingerprint density at radius 3 is 2.92 bits per heavy atom. The Morgan fingerprint density at radius 1 is 1.77 bits per heavy atom. The second-order valence-corrected chi connectivity index (χ2v) is 2.70. The molecule has 1 N–H and O–H groups in total. The van der Waals surface area contributed by atoms with Gasteiger partial charge in [0.05, 0.1) is 13.0 Å². The fraction of sp³-hybridized carbons (Fsp3) is 0.571. The SMILES string of the molecule is COC1=NNC(C(F)F)C=C1CCl. The number of halogens is 3. The molecular weight excluding hydrogens is 202 g/mol. The third kappa shape index (κ3) is 2.30. The molecule has 0 amide bonds. The van der Waals surface area contributed by atoms with Crippen LogP contribution in [0.3, 0.4) is 0 Å². The molecule has 1 rings (SSSR count). The average Bonchev–Trinajstić information content (AvgIpc) is 2.16. The van der Waals surface area contributed by atoms with Crippen molar-refractivity contribution in [3.8, 4) is 0 Å². The van der Waals surface area contributed by atoms with Crippen LogP contribution in [0.5, 0.6) is 0 Å². The van der Waals surface area contributed by atoms with E-state index in [-0.39, 0.29) is 11.8 Å². The molecule has 0 spiro atoms. The molecule has 1 aliphatic rings. The number of alkyl halides is 3. The first-order valence-electron chi connectivity index (χ1n) is 3.61. The van der Waals surface area contributed by atoms with Gasteiger partial charge >= 0.3 is 0 Å². The number of ether oxygens (including phenoxy) is 1. The van der Waals surface area contributed by atoms with Crippen molar-refractivity contribution in [2.24, 2.45) is 5.10 Å². The first-order chi connectivity index (χ1) is 6.19. The zero-order valence-electron chi connectivity index (χ0n) is 6.93. The lowest BCUT2D eigenvalue weighted by Gasteiger charge is -2.19. The number of hydrogen-bond donors (Lipinski definition) is 1. The van der Waals surface area contributed by atoms with Crippen molar-refractivity contribution in [2.75, 3.05) is 13.0 Å². The number of hydrazone groups is 1. The van der Waals surface area contributed by atoms with E-state index in [0.29, 0.717) is 5.57 Å². The van der Waals surface area contributed by atoms with Gasteiger partial charge in [-0.3, -0.25) is 5.43 Å². The quantitative estimate of drug-likeness (QED) is 0.698. The monoisotopic (exact) mass is 210 g/mol. The van der Waals surface area contributed by atoms with E-state index in [9.17, 15) is 8.78 Å². The highest BCUT2D eigenvalue weighted by atomic mass is 35.5. The van der Waals surface area contributed by atoms with Gasteiger partial charge in [-0.1, -0.05) is 0 Å². The minimum absolute atomic E-state index is 0.109. The van der Waals surface area contributed by atoms with Crippen LogP contribution < -0.4 is 5.43 Å².